The molecule has 3 N–H and O–H groups in total. The van der Waals surface area contributed by atoms with Crippen molar-refractivity contribution in [2.24, 2.45) is 5.16 Å². The number of oxime groups is 1. The first kappa shape index (κ1) is 23.2. The number of benzene rings is 2. The summed E-state index contributed by atoms with van der Waals surface area (Å²) in [6.45, 7) is 5.79. The van der Waals surface area contributed by atoms with Gasteiger partial charge in [0.15, 0.2) is 0 Å². The van der Waals surface area contributed by atoms with Gasteiger partial charge in [-0.05, 0) is 61.7 Å². The quantitative estimate of drug-likeness (QED) is 0.283. The van der Waals surface area contributed by atoms with E-state index in [0.29, 0.717) is 17.7 Å². The van der Waals surface area contributed by atoms with Crippen LogP contribution in [-0.4, -0.2) is 39.6 Å². The van der Waals surface area contributed by atoms with Gasteiger partial charge < -0.3 is 15.6 Å². The van der Waals surface area contributed by atoms with Crippen LogP contribution in [0.2, 0.25) is 0 Å². The molecule has 3 aromatic rings. The molecule has 0 unspecified atom stereocenters. The number of aliphatic hydroxyl groups is 1. The third-order valence-corrected chi connectivity index (χ3v) is 5.45. The molecule has 6 nitrogen and oxygen atoms in total. The molecule has 0 saturated heterocycles. The van der Waals surface area contributed by atoms with Crippen LogP contribution in [0.15, 0.2) is 72.0 Å². The first-order valence-corrected chi connectivity index (χ1v) is 10.6. The molecule has 6 heteroatoms. The number of rotatable bonds is 8. The van der Waals surface area contributed by atoms with E-state index >= 15 is 0 Å². The number of carbonyl (C=O) groups excluding carboxylic acids is 1. The van der Waals surface area contributed by atoms with E-state index in [1.807, 2.05) is 43.3 Å². The Kier molecular flexibility index (Phi) is 7.73. The maximum Gasteiger partial charge on any atom is 0.251 e. The standard InChI is InChI=1S/C26H29N3O3/c1-17-6-4-5-7-23(17)24(15-25(29-32)22-12-13-27-18(2)14-22)20-8-10-21(11-9-20)26(31)28-16-19(3)30/h4-14,19,24,30,32H,15-16H2,1-3H3,(H,28,31)/b29-25-/t19-,24+/m0/s1. The summed E-state index contributed by atoms with van der Waals surface area (Å²) in [6.07, 6.45) is 1.59. The Hall–Kier alpha value is -3.51. The minimum atomic E-state index is -0.600. The Labute approximate surface area is 188 Å². The van der Waals surface area contributed by atoms with Gasteiger partial charge in [-0.1, -0.05) is 41.6 Å². The predicted octanol–water partition coefficient (Wildman–Crippen LogP) is 4.21. The normalized spacial score (nSPS) is 13.4. The summed E-state index contributed by atoms with van der Waals surface area (Å²) < 4.78 is 0. The van der Waals surface area contributed by atoms with Crippen molar-refractivity contribution in [3.63, 3.8) is 0 Å². The number of hydrogen-bond donors (Lipinski definition) is 3. The van der Waals surface area contributed by atoms with Gasteiger partial charge in [-0.15, -0.1) is 0 Å². The second-order valence-corrected chi connectivity index (χ2v) is 8.03. The number of carbonyl (C=O) groups is 1. The molecule has 0 aliphatic rings. The minimum Gasteiger partial charge on any atom is -0.411 e. The van der Waals surface area contributed by atoms with E-state index in [-0.39, 0.29) is 18.4 Å². The largest absolute Gasteiger partial charge is 0.411 e. The average molecular weight is 432 g/mol. The summed E-state index contributed by atoms with van der Waals surface area (Å²) in [5, 5.41) is 25.5. The highest BCUT2D eigenvalue weighted by Crippen LogP contribution is 2.32. The van der Waals surface area contributed by atoms with E-state index in [2.05, 4.69) is 34.5 Å². The zero-order chi connectivity index (χ0) is 23.1. The highest BCUT2D eigenvalue weighted by molar-refractivity contribution is 6.01. The van der Waals surface area contributed by atoms with E-state index in [4.69, 9.17) is 0 Å². The zero-order valence-electron chi connectivity index (χ0n) is 18.6. The van der Waals surface area contributed by atoms with Crippen molar-refractivity contribution in [3.05, 3.63) is 100 Å². The van der Waals surface area contributed by atoms with Gasteiger partial charge >= 0.3 is 0 Å². The summed E-state index contributed by atoms with van der Waals surface area (Å²) in [7, 11) is 0. The lowest BCUT2D eigenvalue weighted by Gasteiger charge is -2.21. The molecule has 1 amide bonds. The fourth-order valence-electron chi connectivity index (χ4n) is 3.73. The molecule has 0 bridgehead atoms. The molecule has 2 aromatic carbocycles. The van der Waals surface area contributed by atoms with Gasteiger partial charge in [0.05, 0.1) is 11.8 Å². The molecular formula is C26H29N3O3. The molecule has 0 radical (unpaired) electrons. The maximum atomic E-state index is 12.3. The molecule has 0 aliphatic carbocycles. The molecule has 0 saturated carbocycles. The van der Waals surface area contributed by atoms with Crippen molar-refractivity contribution in [2.45, 2.75) is 39.2 Å². The van der Waals surface area contributed by atoms with Gasteiger partial charge in [0.1, 0.15) is 0 Å². The first-order chi connectivity index (χ1) is 15.4. The molecular weight excluding hydrogens is 402 g/mol. The number of aliphatic hydroxyl groups excluding tert-OH is 1. The zero-order valence-corrected chi connectivity index (χ0v) is 18.6. The monoisotopic (exact) mass is 431 g/mol. The van der Waals surface area contributed by atoms with E-state index in [9.17, 15) is 15.1 Å². The Morgan fingerprint density at radius 2 is 1.78 bits per heavy atom. The van der Waals surface area contributed by atoms with Crippen LogP contribution < -0.4 is 5.32 Å². The Balaban J connectivity index is 1.93. The van der Waals surface area contributed by atoms with Gasteiger partial charge in [0.2, 0.25) is 0 Å². The van der Waals surface area contributed by atoms with Gasteiger partial charge in [-0.2, -0.15) is 0 Å². The Morgan fingerprint density at radius 1 is 1.06 bits per heavy atom. The number of aromatic nitrogens is 1. The van der Waals surface area contributed by atoms with E-state index in [1.165, 1.54) is 0 Å². The second-order valence-electron chi connectivity index (χ2n) is 8.03. The van der Waals surface area contributed by atoms with E-state index < -0.39 is 6.10 Å². The third-order valence-electron chi connectivity index (χ3n) is 5.45. The Bertz CT molecular complexity index is 1090. The summed E-state index contributed by atoms with van der Waals surface area (Å²) in [4.78, 5) is 16.5. The van der Waals surface area contributed by atoms with Crippen LogP contribution in [0, 0.1) is 13.8 Å². The van der Waals surface area contributed by atoms with Gasteiger partial charge in [-0.3, -0.25) is 9.78 Å². The van der Waals surface area contributed by atoms with Crippen molar-refractivity contribution in [2.75, 3.05) is 6.54 Å². The van der Waals surface area contributed by atoms with Gasteiger partial charge in [-0.25, -0.2) is 0 Å². The number of amides is 1. The highest BCUT2D eigenvalue weighted by Gasteiger charge is 2.21. The van der Waals surface area contributed by atoms with Crippen LogP contribution >= 0.6 is 0 Å². The smallest absolute Gasteiger partial charge is 0.251 e. The fraction of sp³-hybridized carbons (Fsp3) is 0.269. The van der Waals surface area contributed by atoms with E-state index in [1.54, 1.807) is 25.3 Å². The van der Waals surface area contributed by atoms with Crippen LogP contribution in [0.4, 0.5) is 0 Å². The molecule has 0 spiro atoms. The van der Waals surface area contributed by atoms with Crippen LogP contribution in [0.1, 0.15) is 57.6 Å². The van der Waals surface area contributed by atoms with E-state index in [0.717, 1.165) is 27.9 Å². The second kappa shape index (κ2) is 10.7. The van der Waals surface area contributed by atoms with Crippen molar-refractivity contribution in [1.29, 1.82) is 0 Å². The lowest BCUT2D eigenvalue weighted by molar-refractivity contribution is 0.0924. The molecule has 1 heterocycles. The molecule has 32 heavy (non-hydrogen) atoms. The minimum absolute atomic E-state index is 0.0647. The van der Waals surface area contributed by atoms with Gasteiger partial charge in [0, 0.05) is 41.9 Å². The summed E-state index contributed by atoms with van der Waals surface area (Å²) >= 11 is 0. The topological polar surface area (TPSA) is 94.8 Å². The number of aryl methyl sites for hydroxylation is 2. The lowest BCUT2D eigenvalue weighted by Crippen LogP contribution is -2.30. The summed E-state index contributed by atoms with van der Waals surface area (Å²) in [6, 6.07) is 19.3. The summed E-state index contributed by atoms with van der Waals surface area (Å²) in [5.41, 5.74) is 6.06. The average Bonchev–Trinajstić information content (AvgIpc) is 2.79. The van der Waals surface area contributed by atoms with Crippen molar-refractivity contribution in [3.8, 4) is 0 Å². The van der Waals surface area contributed by atoms with Crippen molar-refractivity contribution < 1.29 is 15.1 Å². The molecule has 1 aromatic heterocycles. The number of pyridine rings is 1. The molecule has 0 aliphatic heterocycles. The van der Waals surface area contributed by atoms with Crippen molar-refractivity contribution in [1.82, 2.24) is 10.3 Å². The first-order valence-electron chi connectivity index (χ1n) is 10.6. The molecule has 0 fully saturated rings. The number of nitrogens with zero attached hydrogens (tertiary/aromatic N) is 2. The Morgan fingerprint density at radius 3 is 2.41 bits per heavy atom. The highest BCUT2D eigenvalue weighted by atomic mass is 16.4. The van der Waals surface area contributed by atoms with Crippen LogP contribution in [0.5, 0.6) is 0 Å². The van der Waals surface area contributed by atoms with Crippen LogP contribution in [0.3, 0.4) is 0 Å². The van der Waals surface area contributed by atoms with Crippen molar-refractivity contribution >= 4 is 11.6 Å². The summed E-state index contributed by atoms with van der Waals surface area (Å²) in [5.74, 6) is -0.292. The predicted molar refractivity (Wildman–Crippen MR) is 125 cm³/mol. The van der Waals surface area contributed by atoms with Crippen LogP contribution in [-0.2, 0) is 0 Å². The lowest BCUT2D eigenvalue weighted by atomic mass is 9.83. The fourth-order valence-corrected chi connectivity index (χ4v) is 3.73. The van der Waals surface area contributed by atoms with Gasteiger partial charge in [0.25, 0.3) is 5.91 Å². The molecule has 166 valence electrons. The maximum absolute atomic E-state index is 12.3. The SMILES string of the molecule is Cc1cc(/C(C[C@H](c2ccc(C(=O)NC[C@H](C)O)cc2)c2ccccc2C)=N\O)ccn1. The number of hydrogen-bond acceptors (Lipinski definition) is 5. The van der Waals surface area contributed by atoms with Crippen LogP contribution in [0.25, 0.3) is 0 Å². The third kappa shape index (κ3) is 5.80. The number of nitrogens with one attached hydrogen (secondary N) is 1. The molecule has 3 rings (SSSR count). The molecule has 2 atom stereocenters.